The van der Waals surface area contributed by atoms with Crippen molar-refractivity contribution < 1.29 is 0 Å². The number of rotatable bonds is 2. The van der Waals surface area contributed by atoms with Gasteiger partial charge >= 0.3 is 0 Å². The van der Waals surface area contributed by atoms with Crippen LogP contribution in [0.15, 0.2) is 36.7 Å². The molecule has 0 radical (unpaired) electrons. The average molecular weight is 242 g/mol. The molecule has 0 aliphatic carbocycles. The van der Waals surface area contributed by atoms with Crippen molar-refractivity contribution in [3.8, 4) is 10.6 Å². The average Bonchev–Trinajstić information content (AvgIpc) is 2.93. The first-order chi connectivity index (χ1) is 8.26. The first-order valence-corrected chi connectivity index (χ1v) is 6.62. The number of imidazole rings is 1. The Morgan fingerprint density at radius 2 is 2.18 bits per heavy atom. The van der Waals surface area contributed by atoms with E-state index in [0.29, 0.717) is 0 Å². The van der Waals surface area contributed by atoms with Crippen molar-refractivity contribution in [1.29, 1.82) is 0 Å². The second-order valence-corrected chi connectivity index (χ2v) is 5.38. The fraction of sp³-hybridized carbons (Fsp3) is 0.214. The van der Waals surface area contributed by atoms with Crippen molar-refractivity contribution in [2.75, 3.05) is 0 Å². The van der Waals surface area contributed by atoms with Crippen molar-refractivity contribution in [1.82, 2.24) is 9.38 Å². The Morgan fingerprint density at radius 1 is 1.29 bits per heavy atom. The Labute approximate surface area is 105 Å². The summed E-state index contributed by atoms with van der Waals surface area (Å²) in [5, 5.41) is 0. The highest BCUT2D eigenvalue weighted by molar-refractivity contribution is 7.15. The molecule has 0 unspecified atom stereocenters. The minimum Gasteiger partial charge on any atom is -0.306 e. The standard InChI is InChI=1S/C14H14N2S/c1-3-11-4-5-13(17-11)12-9-16-7-6-10(2)8-14(16)15-12/h4-9H,3H2,1-2H3. The van der Waals surface area contributed by atoms with E-state index >= 15 is 0 Å². The van der Waals surface area contributed by atoms with Gasteiger partial charge in [0.2, 0.25) is 0 Å². The number of fused-ring (bicyclic) bond motifs is 1. The molecule has 3 aromatic heterocycles. The molecule has 0 fully saturated rings. The summed E-state index contributed by atoms with van der Waals surface area (Å²) in [5.41, 5.74) is 3.34. The predicted molar refractivity (Wildman–Crippen MR) is 72.6 cm³/mol. The molecule has 3 heterocycles. The van der Waals surface area contributed by atoms with Gasteiger partial charge in [-0.2, -0.15) is 0 Å². The number of hydrogen-bond donors (Lipinski definition) is 0. The molecule has 3 heteroatoms. The summed E-state index contributed by atoms with van der Waals surface area (Å²) in [4.78, 5) is 7.33. The van der Waals surface area contributed by atoms with E-state index in [1.807, 2.05) is 11.3 Å². The zero-order valence-corrected chi connectivity index (χ0v) is 10.8. The fourth-order valence-electron chi connectivity index (χ4n) is 1.91. The predicted octanol–water partition coefficient (Wildman–Crippen LogP) is 3.93. The van der Waals surface area contributed by atoms with Crippen LogP contribution in [0.4, 0.5) is 0 Å². The van der Waals surface area contributed by atoms with Gasteiger partial charge in [0.1, 0.15) is 5.65 Å². The lowest BCUT2D eigenvalue weighted by Crippen LogP contribution is -1.81. The van der Waals surface area contributed by atoms with Crippen LogP contribution in [-0.4, -0.2) is 9.38 Å². The van der Waals surface area contributed by atoms with Gasteiger partial charge < -0.3 is 4.40 Å². The van der Waals surface area contributed by atoms with Crippen LogP contribution in [0.25, 0.3) is 16.2 Å². The normalized spacial score (nSPS) is 11.2. The Kier molecular flexibility index (Phi) is 2.48. The third kappa shape index (κ3) is 1.87. The third-order valence-electron chi connectivity index (χ3n) is 2.88. The maximum absolute atomic E-state index is 4.66. The Bertz CT molecular complexity index is 664. The van der Waals surface area contributed by atoms with Gasteiger partial charge in [-0.15, -0.1) is 11.3 Å². The molecule has 0 atom stereocenters. The summed E-state index contributed by atoms with van der Waals surface area (Å²) < 4.78 is 2.08. The van der Waals surface area contributed by atoms with Crippen LogP contribution in [0.1, 0.15) is 17.4 Å². The zero-order valence-electron chi connectivity index (χ0n) is 9.97. The smallest absolute Gasteiger partial charge is 0.137 e. The van der Waals surface area contributed by atoms with E-state index in [0.717, 1.165) is 17.8 Å². The Morgan fingerprint density at radius 3 is 2.94 bits per heavy atom. The zero-order chi connectivity index (χ0) is 11.8. The maximum atomic E-state index is 4.66. The van der Waals surface area contributed by atoms with Gasteiger partial charge in [0.15, 0.2) is 0 Å². The highest BCUT2D eigenvalue weighted by Gasteiger charge is 2.06. The van der Waals surface area contributed by atoms with E-state index in [1.54, 1.807) is 0 Å². The fourth-order valence-corrected chi connectivity index (χ4v) is 2.81. The van der Waals surface area contributed by atoms with Crippen molar-refractivity contribution in [3.05, 3.63) is 47.1 Å². The van der Waals surface area contributed by atoms with Gasteiger partial charge in [-0.3, -0.25) is 0 Å². The summed E-state index contributed by atoms with van der Waals surface area (Å²) in [6.45, 7) is 4.28. The van der Waals surface area contributed by atoms with Crippen LogP contribution in [0.5, 0.6) is 0 Å². The van der Waals surface area contributed by atoms with Gasteiger partial charge in [0.05, 0.1) is 10.6 Å². The van der Waals surface area contributed by atoms with Gasteiger partial charge in [-0.05, 0) is 43.2 Å². The van der Waals surface area contributed by atoms with Crippen LogP contribution in [0.3, 0.4) is 0 Å². The minimum absolute atomic E-state index is 1.02. The number of pyridine rings is 1. The molecular formula is C14H14N2S. The topological polar surface area (TPSA) is 17.3 Å². The van der Waals surface area contributed by atoms with E-state index in [-0.39, 0.29) is 0 Å². The number of thiophene rings is 1. The van der Waals surface area contributed by atoms with Crippen molar-refractivity contribution >= 4 is 17.0 Å². The molecule has 3 rings (SSSR count). The monoisotopic (exact) mass is 242 g/mol. The third-order valence-corrected chi connectivity index (χ3v) is 4.13. The number of hydrogen-bond acceptors (Lipinski definition) is 2. The summed E-state index contributed by atoms with van der Waals surface area (Å²) in [6, 6.07) is 8.57. The minimum atomic E-state index is 1.02. The molecule has 0 aliphatic rings. The van der Waals surface area contributed by atoms with Crippen LogP contribution >= 0.6 is 11.3 Å². The highest BCUT2D eigenvalue weighted by Crippen LogP contribution is 2.27. The van der Waals surface area contributed by atoms with Crippen molar-refractivity contribution in [3.63, 3.8) is 0 Å². The first kappa shape index (κ1) is 10.5. The van der Waals surface area contributed by atoms with Crippen molar-refractivity contribution in [2.24, 2.45) is 0 Å². The molecule has 0 saturated heterocycles. The van der Waals surface area contributed by atoms with E-state index in [4.69, 9.17) is 0 Å². The molecule has 0 amide bonds. The van der Waals surface area contributed by atoms with Gasteiger partial charge in [-0.25, -0.2) is 4.98 Å². The summed E-state index contributed by atoms with van der Waals surface area (Å²) >= 11 is 1.83. The largest absolute Gasteiger partial charge is 0.306 e. The van der Waals surface area contributed by atoms with E-state index in [2.05, 4.69) is 59.9 Å². The summed E-state index contributed by atoms with van der Waals surface area (Å²) in [5.74, 6) is 0. The van der Waals surface area contributed by atoms with Gasteiger partial charge in [-0.1, -0.05) is 6.92 Å². The molecule has 0 N–H and O–H groups in total. The molecule has 0 saturated carbocycles. The van der Waals surface area contributed by atoms with Gasteiger partial charge in [0.25, 0.3) is 0 Å². The summed E-state index contributed by atoms with van der Waals surface area (Å²) in [7, 11) is 0. The summed E-state index contributed by atoms with van der Waals surface area (Å²) in [6.07, 6.45) is 5.26. The molecule has 86 valence electrons. The molecular weight excluding hydrogens is 228 g/mol. The SMILES string of the molecule is CCc1ccc(-c2cn3ccc(C)cc3n2)s1. The van der Waals surface area contributed by atoms with Crippen LogP contribution < -0.4 is 0 Å². The highest BCUT2D eigenvalue weighted by atomic mass is 32.1. The van der Waals surface area contributed by atoms with Crippen LogP contribution in [-0.2, 0) is 6.42 Å². The van der Waals surface area contributed by atoms with Crippen LogP contribution in [0.2, 0.25) is 0 Å². The number of aromatic nitrogens is 2. The Balaban J connectivity index is 2.11. The van der Waals surface area contributed by atoms with E-state index < -0.39 is 0 Å². The molecule has 3 aromatic rings. The first-order valence-electron chi connectivity index (χ1n) is 5.80. The lowest BCUT2D eigenvalue weighted by Gasteiger charge is -1.92. The van der Waals surface area contributed by atoms with E-state index in [9.17, 15) is 0 Å². The molecule has 0 aromatic carbocycles. The van der Waals surface area contributed by atoms with Crippen LogP contribution in [0, 0.1) is 6.92 Å². The second-order valence-electron chi connectivity index (χ2n) is 4.22. The lowest BCUT2D eigenvalue weighted by atomic mass is 10.3. The number of aryl methyl sites for hydroxylation is 2. The van der Waals surface area contributed by atoms with Crippen molar-refractivity contribution in [2.45, 2.75) is 20.3 Å². The molecule has 2 nitrogen and oxygen atoms in total. The second kappa shape index (κ2) is 4.00. The molecule has 0 bridgehead atoms. The number of nitrogens with zero attached hydrogens (tertiary/aromatic N) is 2. The molecule has 0 aliphatic heterocycles. The van der Waals surface area contributed by atoms with E-state index in [1.165, 1.54) is 15.3 Å². The Hall–Kier alpha value is -1.61. The lowest BCUT2D eigenvalue weighted by molar-refractivity contribution is 1.17. The molecule has 17 heavy (non-hydrogen) atoms. The quantitative estimate of drug-likeness (QED) is 0.665. The van der Waals surface area contributed by atoms with Gasteiger partial charge in [0, 0.05) is 17.3 Å². The maximum Gasteiger partial charge on any atom is 0.137 e. The molecule has 0 spiro atoms.